The summed E-state index contributed by atoms with van der Waals surface area (Å²) >= 11 is 0. The summed E-state index contributed by atoms with van der Waals surface area (Å²) in [6.07, 6.45) is 0.818. The van der Waals surface area contributed by atoms with Gasteiger partial charge in [0.1, 0.15) is 0 Å². The number of ketones is 1. The van der Waals surface area contributed by atoms with Crippen LogP contribution in [0.15, 0.2) is 24.3 Å². The molecule has 12 heteroatoms. The first-order valence-corrected chi connectivity index (χ1v) is 10.9. The second-order valence-electron chi connectivity index (χ2n) is 8.61. The third kappa shape index (κ3) is 5.87. The molecule has 2 saturated heterocycles. The lowest BCUT2D eigenvalue weighted by Crippen LogP contribution is -2.53. The van der Waals surface area contributed by atoms with E-state index in [0.717, 1.165) is 12.1 Å². The molecule has 8 N–H and O–H groups in total. The first-order valence-electron chi connectivity index (χ1n) is 10.9. The lowest BCUT2D eigenvalue weighted by molar-refractivity contribution is 0.101. The van der Waals surface area contributed by atoms with Crippen molar-refractivity contribution >= 4 is 41.7 Å². The number of Topliss-reactive ketones (excluding diaryl/α,β-unsaturated/α-hetero) is 1. The van der Waals surface area contributed by atoms with Gasteiger partial charge >= 0.3 is 0 Å². The number of rotatable bonds is 6. The van der Waals surface area contributed by atoms with Gasteiger partial charge < -0.3 is 37.4 Å². The highest BCUT2D eigenvalue weighted by Gasteiger charge is 2.33. The van der Waals surface area contributed by atoms with Gasteiger partial charge in [-0.2, -0.15) is 15.0 Å². The van der Waals surface area contributed by atoms with Gasteiger partial charge in [0, 0.05) is 55.6 Å². The van der Waals surface area contributed by atoms with E-state index in [1.54, 1.807) is 24.3 Å². The van der Waals surface area contributed by atoms with Crippen LogP contribution in [-0.4, -0.2) is 76.3 Å². The van der Waals surface area contributed by atoms with E-state index in [4.69, 9.17) is 17.2 Å². The zero-order chi connectivity index (χ0) is 22.8. The number of piperidine rings is 1. The Bertz CT molecular complexity index is 951. The predicted molar refractivity (Wildman–Crippen MR) is 130 cm³/mol. The maximum Gasteiger partial charge on any atom is 0.233 e. The minimum Gasteiger partial charge on any atom is -0.391 e. The van der Waals surface area contributed by atoms with Crippen molar-refractivity contribution in [3.8, 4) is 0 Å². The number of aliphatic hydroxyl groups is 1. The van der Waals surface area contributed by atoms with Crippen molar-refractivity contribution < 1.29 is 9.90 Å². The number of aromatic nitrogens is 3. The molecule has 3 heterocycles. The highest BCUT2D eigenvalue weighted by atomic mass is 35.5. The molecule has 0 aliphatic carbocycles. The van der Waals surface area contributed by atoms with Crippen LogP contribution >= 0.6 is 12.4 Å². The fourth-order valence-electron chi connectivity index (χ4n) is 4.30. The number of carbonyl (C=O) groups excluding carboxylic acids is 1. The molecule has 0 spiro atoms. The molecule has 2 aliphatic heterocycles. The molecule has 1 aromatic carbocycles. The molecule has 2 aromatic rings. The fraction of sp³-hybridized carbons (Fsp3) is 0.524. The second kappa shape index (κ2) is 10.6. The van der Waals surface area contributed by atoms with Crippen LogP contribution in [0.1, 0.15) is 30.1 Å². The Labute approximate surface area is 199 Å². The van der Waals surface area contributed by atoms with E-state index >= 15 is 0 Å². The van der Waals surface area contributed by atoms with E-state index in [1.807, 2.05) is 9.80 Å². The Balaban J connectivity index is 0.00000306. The average molecular weight is 478 g/mol. The molecule has 33 heavy (non-hydrogen) atoms. The number of halogens is 1. The zero-order valence-corrected chi connectivity index (χ0v) is 19.4. The summed E-state index contributed by atoms with van der Waals surface area (Å²) in [5.41, 5.74) is 19.7. The van der Waals surface area contributed by atoms with Crippen molar-refractivity contribution in [1.82, 2.24) is 15.0 Å². The van der Waals surface area contributed by atoms with Crippen LogP contribution in [0.25, 0.3) is 0 Å². The molecule has 0 radical (unpaired) electrons. The van der Waals surface area contributed by atoms with Gasteiger partial charge in [-0.15, -0.1) is 12.4 Å². The molecular weight excluding hydrogens is 446 g/mol. The Morgan fingerprint density at radius 2 is 1.70 bits per heavy atom. The normalized spacial score (nSPS) is 25.0. The third-order valence-electron chi connectivity index (χ3n) is 5.88. The fourth-order valence-corrected chi connectivity index (χ4v) is 4.30. The molecule has 4 atom stereocenters. The van der Waals surface area contributed by atoms with E-state index in [9.17, 15) is 9.90 Å². The number of nitrogens with zero attached hydrogens (tertiary/aromatic N) is 5. The Hall–Kier alpha value is -2.57. The molecule has 2 aliphatic rings. The van der Waals surface area contributed by atoms with Gasteiger partial charge in [0.05, 0.1) is 6.10 Å². The molecule has 0 unspecified atom stereocenters. The van der Waals surface area contributed by atoms with Crippen LogP contribution in [-0.2, 0) is 0 Å². The highest BCUT2D eigenvalue weighted by molar-refractivity contribution is 5.94. The number of carbonyl (C=O) groups is 1. The maximum absolute atomic E-state index is 11.5. The summed E-state index contributed by atoms with van der Waals surface area (Å²) in [5, 5.41) is 13.4. The first kappa shape index (κ1) is 25.1. The largest absolute Gasteiger partial charge is 0.391 e. The summed E-state index contributed by atoms with van der Waals surface area (Å²) in [6, 6.07) is 6.90. The molecule has 0 saturated carbocycles. The molecule has 0 amide bonds. The van der Waals surface area contributed by atoms with Gasteiger partial charge in [0.25, 0.3) is 0 Å². The molecule has 180 valence electrons. The SMILES string of the molecule is CC(=O)c1ccc(Nc2nc(N3C[C@H](N)C[C@H](N)C3)nc(N3C[C@@H](O)C[C@H]3CN)n2)cc1.Cl. The number of aliphatic hydroxyl groups excluding tert-OH is 1. The smallest absolute Gasteiger partial charge is 0.233 e. The number of anilines is 4. The Kier molecular flexibility index (Phi) is 8.03. The van der Waals surface area contributed by atoms with E-state index in [0.29, 0.717) is 56.0 Å². The van der Waals surface area contributed by atoms with Gasteiger partial charge in [-0.05, 0) is 44.0 Å². The molecule has 11 nitrogen and oxygen atoms in total. The van der Waals surface area contributed by atoms with Crippen LogP contribution in [0.5, 0.6) is 0 Å². The van der Waals surface area contributed by atoms with Crippen LogP contribution in [0.3, 0.4) is 0 Å². The zero-order valence-electron chi connectivity index (χ0n) is 18.6. The first-order chi connectivity index (χ1) is 15.3. The van der Waals surface area contributed by atoms with E-state index in [1.165, 1.54) is 6.92 Å². The van der Waals surface area contributed by atoms with Crippen LogP contribution in [0.2, 0.25) is 0 Å². The quantitative estimate of drug-likeness (QED) is 0.354. The van der Waals surface area contributed by atoms with Gasteiger partial charge in [-0.3, -0.25) is 4.79 Å². The van der Waals surface area contributed by atoms with Gasteiger partial charge in [0.2, 0.25) is 17.8 Å². The van der Waals surface area contributed by atoms with Gasteiger partial charge in [-0.25, -0.2) is 0 Å². The monoisotopic (exact) mass is 477 g/mol. The van der Waals surface area contributed by atoms with Crippen molar-refractivity contribution in [3.63, 3.8) is 0 Å². The number of nitrogens with two attached hydrogens (primary N) is 3. The molecule has 0 bridgehead atoms. The molecule has 1 aromatic heterocycles. The standard InChI is InChI=1S/C21H31N9O2.ClH/c1-12(31)13-2-4-16(5-3-13)25-19-26-20(29-9-14(23)6-15(24)10-29)28-21(27-19)30-11-18(32)7-17(30)8-22;/h2-5,14-15,17-18,32H,6-11,22-24H2,1H3,(H,25,26,27,28);1H/t14-,15+,17-,18-;/m0./s1. The average Bonchev–Trinajstić information content (AvgIpc) is 3.14. The number of hydrogen-bond donors (Lipinski definition) is 5. The highest BCUT2D eigenvalue weighted by Crippen LogP contribution is 2.27. The van der Waals surface area contributed by atoms with Crippen LogP contribution in [0, 0.1) is 0 Å². The van der Waals surface area contributed by atoms with Crippen molar-refractivity contribution in [2.24, 2.45) is 17.2 Å². The van der Waals surface area contributed by atoms with E-state index in [-0.39, 0.29) is 36.3 Å². The van der Waals surface area contributed by atoms with Crippen molar-refractivity contribution in [2.45, 2.75) is 44.0 Å². The molecular formula is C21H32ClN9O2. The number of benzene rings is 1. The van der Waals surface area contributed by atoms with Gasteiger partial charge in [0.15, 0.2) is 5.78 Å². The Morgan fingerprint density at radius 3 is 2.30 bits per heavy atom. The number of nitrogens with one attached hydrogen (secondary N) is 1. The van der Waals surface area contributed by atoms with Crippen LogP contribution < -0.4 is 32.3 Å². The topological polar surface area (TPSA) is 173 Å². The van der Waals surface area contributed by atoms with Crippen LogP contribution in [0.4, 0.5) is 23.5 Å². The minimum absolute atomic E-state index is 0. The minimum atomic E-state index is -0.490. The summed E-state index contributed by atoms with van der Waals surface area (Å²) < 4.78 is 0. The summed E-state index contributed by atoms with van der Waals surface area (Å²) in [5.74, 6) is 1.27. The second-order valence-corrected chi connectivity index (χ2v) is 8.61. The molecule has 4 rings (SSSR count). The van der Waals surface area contributed by atoms with E-state index < -0.39 is 6.10 Å². The lowest BCUT2D eigenvalue weighted by atomic mass is 10.0. The third-order valence-corrected chi connectivity index (χ3v) is 5.88. The molecule has 2 fully saturated rings. The summed E-state index contributed by atoms with van der Waals surface area (Å²) in [7, 11) is 0. The number of β-amino-alcohol motifs (C(OH)–C–C–N with tert-alkyl or cyclic N) is 1. The lowest BCUT2D eigenvalue weighted by Gasteiger charge is -2.35. The van der Waals surface area contributed by atoms with Crippen molar-refractivity contribution in [3.05, 3.63) is 29.8 Å². The van der Waals surface area contributed by atoms with Crippen molar-refractivity contribution in [1.29, 1.82) is 0 Å². The van der Waals surface area contributed by atoms with Crippen molar-refractivity contribution in [2.75, 3.05) is 41.3 Å². The summed E-state index contributed by atoms with van der Waals surface area (Å²) in [6.45, 7) is 3.49. The number of hydrogen-bond acceptors (Lipinski definition) is 11. The maximum atomic E-state index is 11.5. The predicted octanol–water partition coefficient (Wildman–Crippen LogP) is 0.00260. The van der Waals surface area contributed by atoms with Gasteiger partial charge in [-0.1, -0.05) is 0 Å². The summed E-state index contributed by atoms with van der Waals surface area (Å²) in [4.78, 5) is 29.3. The Morgan fingerprint density at radius 1 is 1.06 bits per heavy atom. The van der Waals surface area contributed by atoms with E-state index in [2.05, 4.69) is 20.3 Å².